The highest BCUT2D eigenvalue weighted by Gasteiger charge is 2.40. The number of hydrogen-bond acceptors (Lipinski definition) is 4. The highest BCUT2D eigenvalue weighted by atomic mass is 32.2. The van der Waals surface area contributed by atoms with Crippen molar-refractivity contribution in [2.24, 2.45) is 17.6 Å². The van der Waals surface area contributed by atoms with Crippen molar-refractivity contribution in [2.75, 3.05) is 12.0 Å². The molecule has 2 saturated carbocycles. The maximum Gasteiger partial charge on any atom is 0.237 e. The molecule has 0 spiro atoms. The molecule has 0 heterocycles. The lowest BCUT2D eigenvalue weighted by molar-refractivity contribution is -0.123. The maximum atomic E-state index is 11.9. The average Bonchev–Trinajstić information content (AvgIpc) is 2.86. The van der Waals surface area contributed by atoms with Crippen LogP contribution in [0.25, 0.3) is 0 Å². The smallest absolute Gasteiger partial charge is 0.237 e. The summed E-state index contributed by atoms with van der Waals surface area (Å²) >= 11 is 0. The van der Waals surface area contributed by atoms with E-state index >= 15 is 0 Å². The standard InChI is InChI=1S/C12H22N2O3S/c1-18(16,17)5-4-10(13)12(15)14-11-7-8-2-3-9(11)6-8/h8-11H,2-7,13H2,1H3,(H,14,15). The molecule has 6 heteroatoms. The van der Waals surface area contributed by atoms with Crippen LogP contribution in [0, 0.1) is 11.8 Å². The first-order valence-corrected chi connectivity index (χ1v) is 8.65. The first-order valence-electron chi connectivity index (χ1n) is 6.59. The number of nitrogens with one attached hydrogen (secondary N) is 1. The zero-order valence-electron chi connectivity index (χ0n) is 10.8. The summed E-state index contributed by atoms with van der Waals surface area (Å²) in [5.41, 5.74) is 5.72. The fourth-order valence-corrected chi connectivity index (χ4v) is 3.87. The van der Waals surface area contributed by atoms with E-state index in [1.807, 2.05) is 0 Å². The van der Waals surface area contributed by atoms with E-state index in [1.165, 1.54) is 19.3 Å². The van der Waals surface area contributed by atoms with Crippen molar-refractivity contribution in [3.63, 3.8) is 0 Å². The van der Waals surface area contributed by atoms with Gasteiger partial charge in [0.15, 0.2) is 0 Å². The van der Waals surface area contributed by atoms with E-state index in [4.69, 9.17) is 5.73 Å². The van der Waals surface area contributed by atoms with Crippen molar-refractivity contribution in [3.8, 4) is 0 Å². The van der Waals surface area contributed by atoms with Gasteiger partial charge in [-0.2, -0.15) is 0 Å². The Morgan fingerprint density at radius 1 is 1.39 bits per heavy atom. The van der Waals surface area contributed by atoms with Crippen molar-refractivity contribution in [1.29, 1.82) is 0 Å². The minimum Gasteiger partial charge on any atom is -0.352 e. The zero-order valence-corrected chi connectivity index (χ0v) is 11.6. The van der Waals surface area contributed by atoms with Gasteiger partial charge in [-0.3, -0.25) is 4.79 Å². The minimum absolute atomic E-state index is 0.0295. The first-order chi connectivity index (χ1) is 8.35. The van der Waals surface area contributed by atoms with E-state index < -0.39 is 15.9 Å². The molecule has 5 nitrogen and oxygen atoms in total. The van der Waals surface area contributed by atoms with Gasteiger partial charge >= 0.3 is 0 Å². The molecule has 2 fully saturated rings. The quantitative estimate of drug-likeness (QED) is 0.741. The number of fused-ring (bicyclic) bond motifs is 2. The lowest BCUT2D eigenvalue weighted by Gasteiger charge is -2.24. The molecule has 2 bridgehead atoms. The topological polar surface area (TPSA) is 89.3 Å². The van der Waals surface area contributed by atoms with Gasteiger partial charge < -0.3 is 11.1 Å². The van der Waals surface area contributed by atoms with Crippen LogP contribution in [0.4, 0.5) is 0 Å². The van der Waals surface area contributed by atoms with Crippen LogP contribution in [0.15, 0.2) is 0 Å². The number of hydrogen-bond donors (Lipinski definition) is 2. The van der Waals surface area contributed by atoms with Gasteiger partial charge in [0.25, 0.3) is 0 Å². The zero-order chi connectivity index (χ0) is 13.3. The molecule has 0 aromatic rings. The molecule has 0 aliphatic heterocycles. The van der Waals surface area contributed by atoms with Crippen LogP contribution in [-0.4, -0.2) is 38.4 Å². The Morgan fingerprint density at radius 2 is 2.11 bits per heavy atom. The Labute approximate surface area is 108 Å². The summed E-state index contributed by atoms with van der Waals surface area (Å²) in [5, 5.41) is 2.99. The van der Waals surface area contributed by atoms with E-state index in [2.05, 4.69) is 5.32 Å². The largest absolute Gasteiger partial charge is 0.352 e. The molecule has 2 aliphatic carbocycles. The van der Waals surface area contributed by atoms with Gasteiger partial charge in [0.1, 0.15) is 9.84 Å². The summed E-state index contributed by atoms with van der Waals surface area (Å²) in [7, 11) is -3.05. The van der Waals surface area contributed by atoms with E-state index in [0.29, 0.717) is 5.92 Å². The van der Waals surface area contributed by atoms with Crippen LogP contribution in [0.3, 0.4) is 0 Å². The predicted molar refractivity (Wildman–Crippen MR) is 69.7 cm³/mol. The van der Waals surface area contributed by atoms with E-state index in [-0.39, 0.29) is 24.1 Å². The van der Waals surface area contributed by atoms with Crippen molar-refractivity contribution in [3.05, 3.63) is 0 Å². The molecule has 1 amide bonds. The molecule has 0 aromatic carbocycles. The molecule has 3 N–H and O–H groups in total. The number of carbonyl (C=O) groups excluding carboxylic acids is 1. The Hall–Kier alpha value is -0.620. The summed E-state index contributed by atoms with van der Waals surface area (Å²) in [4.78, 5) is 11.9. The Bertz CT molecular complexity index is 421. The van der Waals surface area contributed by atoms with E-state index in [9.17, 15) is 13.2 Å². The van der Waals surface area contributed by atoms with Crippen LogP contribution in [0.1, 0.15) is 32.1 Å². The SMILES string of the molecule is CS(=O)(=O)CCC(N)C(=O)NC1CC2CCC1C2. The number of carbonyl (C=O) groups is 1. The second kappa shape index (κ2) is 5.17. The van der Waals surface area contributed by atoms with Gasteiger partial charge in [-0.25, -0.2) is 8.42 Å². The molecule has 104 valence electrons. The lowest BCUT2D eigenvalue weighted by Crippen LogP contribution is -2.47. The van der Waals surface area contributed by atoms with E-state index in [1.54, 1.807) is 0 Å². The lowest BCUT2D eigenvalue weighted by atomic mass is 9.95. The van der Waals surface area contributed by atoms with E-state index in [0.717, 1.165) is 18.6 Å². The molecule has 4 unspecified atom stereocenters. The Kier molecular flexibility index (Phi) is 3.96. The number of rotatable bonds is 5. The van der Waals surface area contributed by atoms with Crippen molar-refractivity contribution in [2.45, 2.75) is 44.2 Å². The molecule has 0 aromatic heterocycles. The first kappa shape index (κ1) is 13.8. The average molecular weight is 274 g/mol. The molecule has 2 rings (SSSR count). The van der Waals surface area contributed by atoms with Gasteiger partial charge in [0.2, 0.25) is 5.91 Å². The third-order valence-electron chi connectivity index (χ3n) is 4.20. The summed E-state index contributed by atoms with van der Waals surface area (Å²) < 4.78 is 22.0. The van der Waals surface area contributed by atoms with Crippen LogP contribution in [0.2, 0.25) is 0 Å². The second-order valence-corrected chi connectivity index (χ2v) is 8.07. The second-order valence-electron chi connectivity index (χ2n) is 5.81. The predicted octanol–water partition coefficient (Wildman–Crippen LogP) is 0.0532. The maximum absolute atomic E-state index is 11.9. The van der Waals surface area contributed by atoms with Gasteiger partial charge in [-0.15, -0.1) is 0 Å². The van der Waals surface area contributed by atoms with Gasteiger partial charge in [0.05, 0.1) is 11.8 Å². The molecule has 2 aliphatic rings. The highest BCUT2D eigenvalue weighted by molar-refractivity contribution is 7.90. The summed E-state index contributed by atoms with van der Waals surface area (Å²) in [6, 6.07) is -0.445. The Balaban J connectivity index is 1.77. The molecular formula is C12H22N2O3S. The third-order valence-corrected chi connectivity index (χ3v) is 5.18. The van der Waals surface area contributed by atoms with Crippen LogP contribution >= 0.6 is 0 Å². The van der Waals surface area contributed by atoms with Gasteiger partial charge in [0, 0.05) is 12.3 Å². The molecule has 0 radical (unpaired) electrons. The molecule has 18 heavy (non-hydrogen) atoms. The van der Waals surface area contributed by atoms with Crippen LogP contribution < -0.4 is 11.1 Å². The molecular weight excluding hydrogens is 252 g/mol. The number of sulfone groups is 1. The summed E-state index contributed by atoms with van der Waals surface area (Å²) in [6.45, 7) is 0. The molecule has 0 saturated heterocycles. The van der Waals surface area contributed by atoms with Crippen LogP contribution in [-0.2, 0) is 14.6 Å². The monoisotopic (exact) mass is 274 g/mol. The highest BCUT2D eigenvalue weighted by Crippen LogP contribution is 2.44. The third kappa shape index (κ3) is 3.45. The Morgan fingerprint density at radius 3 is 2.61 bits per heavy atom. The summed E-state index contributed by atoms with van der Waals surface area (Å²) in [6.07, 6.45) is 6.14. The normalized spacial score (nSPS) is 32.4. The fourth-order valence-electron chi connectivity index (χ4n) is 3.18. The summed E-state index contributed by atoms with van der Waals surface area (Å²) in [5.74, 6) is 1.16. The van der Waals surface area contributed by atoms with Crippen LogP contribution in [0.5, 0.6) is 0 Å². The molecule has 4 atom stereocenters. The minimum atomic E-state index is -3.05. The fraction of sp³-hybridized carbons (Fsp3) is 0.917. The number of amides is 1. The van der Waals surface area contributed by atoms with Crippen molar-refractivity contribution >= 4 is 15.7 Å². The van der Waals surface area contributed by atoms with Gasteiger partial charge in [-0.1, -0.05) is 6.42 Å². The number of nitrogens with two attached hydrogens (primary N) is 1. The van der Waals surface area contributed by atoms with Crippen molar-refractivity contribution < 1.29 is 13.2 Å². The van der Waals surface area contributed by atoms with Crippen molar-refractivity contribution in [1.82, 2.24) is 5.32 Å². The van der Waals surface area contributed by atoms with Gasteiger partial charge in [-0.05, 0) is 37.5 Å².